The van der Waals surface area contributed by atoms with Crippen LogP contribution in [0.4, 0.5) is 0 Å². The standard InChI is InChI=1S/C13H18.C9H12/c1-10(2)12-9-5-7-11-6-3-4-8-13(11)12;1-8(2)9-6-4-3-5-7-9/h5,7,9-10H,3-4,6,8H2,1-2H3;3-8H,1-2H3. The van der Waals surface area contributed by atoms with E-state index in [1.54, 1.807) is 16.7 Å². The molecule has 22 heavy (non-hydrogen) atoms. The minimum atomic E-state index is 0.659. The summed E-state index contributed by atoms with van der Waals surface area (Å²) >= 11 is 0. The molecule has 0 amide bonds. The van der Waals surface area contributed by atoms with E-state index >= 15 is 0 Å². The number of aryl methyl sites for hydroxylation is 1. The van der Waals surface area contributed by atoms with Crippen molar-refractivity contribution in [2.24, 2.45) is 0 Å². The van der Waals surface area contributed by atoms with E-state index in [0.29, 0.717) is 11.8 Å². The highest BCUT2D eigenvalue weighted by atomic mass is 14.2. The van der Waals surface area contributed by atoms with E-state index in [0.717, 1.165) is 0 Å². The molecule has 2 aromatic carbocycles. The van der Waals surface area contributed by atoms with Gasteiger partial charge in [-0.1, -0.05) is 76.2 Å². The van der Waals surface area contributed by atoms with Gasteiger partial charge >= 0.3 is 0 Å². The molecule has 1 aliphatic rings. The Kier molecular flexibility index (Phi) is 6.24. The van der Waals surface area contributed by atoms with Crippen LogP contribution in [-0.2, 0) is 12.8 Å². The van der Waals surface area contributed by atoms with Gasteiger partial charge in [0.05, 0.1) is 0 Å². The second kappa shape index (κ2) is 8.17. The van der Waals surface area contributed by atoms with Crippen molar-refractivity contribution in [3.63, 3.8) is 0 Å². The van der Waals surface area contributed by atoms with Crippen LogP contribution in [-0.4, -0.2) is 0 Å². The largest absolute Gasteiger partial charge is 0.0622 e. The molecule has 0 unspecified atom stereocenters. The van der Waals surface area contributed by atoms with Crippen LogP contribution in [0.5, 0.6) is 0 Å². The van der Waals surface area contributed by atoms with Gasteiger partial charge in [-0.15, -0.1) is 0 Å². The number of hydrogen-bond donors (Lipinski definition) is 0. The highest BCUT2D eigenvalue weighted by Crippen LogP contribution is 2.28. The summed E-state index contributed by atoms with van der Waals surface area (Å²) in [7, 11) is 0. The number of rotatable bonds is 2. The summed E-state index contributed by atoms with van der Waals surface area (Å²) in [6.45, 7) is 9.00. The summed E-state index contributed by atoms with van der Waals surface area (Å²) in [6, 6.07) is 17.3. The Bertz CT molecular complexity index is 564. The van der Waals surface area contributed by atoms with Crippen molar-refractivity contribution in [2.75, 3.05) is 0 Å². The van der Waals surface area contributed by atoms with Crippen molar-refractivity contribution in [2.45, 2.75) is 65.2 Å². The van der Waals surface area contributed by atoms with Crippen LogP contribution < -0.4 is 0 Å². The summed E-state index contributed by atoms with van der Waals surface area (Å²) in [6.07, 6.45) is 5.38. The van der Waals surface area contributed by atoms with Gasteiger partial charge in [0, 0.05) is 0 Å². The molecule has 0 bridgehead atoms. The molecule has 0 aromatic heterocycles. The Morgan fingerprint density at radius 1 is 0.682 bits per heavy atom. The molecule has 0 atom stereocenters. The molecule has 0 fully saturated rings. The molecule has 0 saturated carbocycles. The minimum absolute atomic E-state index is 0.659. The predicted molar refractivity (Wildman–Crippen MR) is 97.7 cm³/mol. The van der Waals surface area contributed by atoms with Crippen LogP contribution in [0.1, 0.15) is 74.6 Å². The fourth-order valence-corrected chi connectivity index (χ4v) is 3.19. The molecule has 0 heterocycles. The third-order valence-corrected chi connectivity index (χ3v) is 4.52. The Balaban J connectivity index is 0.000000172. The Morgan fingerprint density at radius 2 is 1.36 bits per heavy atom. The molecule has 0 spiro atoms. The van der Waals surface area contributed by atoms with Crippen molar-refractivity contribution >= 4 is 0 Å². The van der Waals surface area contributed by atoms with E-state index in [-0.39, 0.29) is 0 Å². The van der Waals surface area contributed by atoms with Crippen molar-refractivity contribution in [1.29, 1.82) is 0 Å². The Labute approximate surface area is 136 Å². The number of fused-ring (bicyclic) bond motifs is 1. The lowest BCUT2D eigenvalue weighted by Gasteiger charge is -2.21. The van der Waals surface area contributed by atoms with Gasteiger partial charge in [0.15, 0.2) is 0 Å². The smallest absolute Gasteiger partial charge is 0.0216 e. The van der Waals surface area contributed by atoms with E-state index in [4.69, 9.17) is 0 Å². The van der Waals surface area contributed by atoms with Crippen molar-refractivity contribution in [3.8, 4) is 0 Å². The molecular formula is C22H30. The fraction of sp³-hybridized carbons (Fsp3) is 0.455. The summed E-state index contributed by atoms with van der Waals surface area (Å²) in [5.41, 5.74) is 6.26. The maximum absolute atomic E-state index is 2.31. The van der Waals surface area contributed by atoms with E-state index < -0.39 is 0 Å². The van der Waals surface area contributed by atoms with E-state index in [2.05, 4.69) is 70.2 Å². The van der Waals surface area contributed by atoms with Gasteiger partial charge in [-0.2, -0.15) is 0 Å². The average molecular weight is 294 g/mol. The fourth-order valence-electron chi connectivity index (χ4n) is 3.19. The molecule has 0 heteroatoms. The maximum atomic E-state index is 2.31. The molecule has 2 aromatic rings. The van der Waals surface area contributed by atoms with Crippen LogP contribution in [0.2, 0.25) is 0 Å². The first-order chi connectivity index (χ1) is 10.6. The first kappa shape index (κ1) is 16.8. The minimum Gasteiger partial charge on any atom is -0.0622 e. The third kappa shape index (κ3) is 4.47. The molecule has 0 radical (unpaired) electrons. The second-order valence-corrected chi connectivity index (χ2v) is 6.91. The zero-order chi connectivity index (χ0) is 15.9. The maximum Gasteiger partial charge on any atom is -0.0216 e. The van der Waals surface area contributed by atoms with E-state index in [1.807, 2.05) is 6.07 Å². The van der Waals surface area contributed by atoms with Gasteiger partial charge in [-0.3, -0.25) is 0 Å². The summed E-state index contributed by atoms with van der Waals surface area (Å²) in [4.78, 5) is 0. The molecule has 0 nitrogen and oxygen atoms in total. The topological polar surface area (TPSA) is 0 Å². The summed E-state index contributed by atoms with van der Waals surface area (Å²) in [5, 5.41) is 0. The van der Waals surface area contributed by atoms with Gasteiger partial charge in [0.25, 0.3) is 0 Å². The van der Waals surface area contributed by atoms with Crippen molar-refractivity contribution in [3.05, 3.63) is 70.8 Å². The second-order valence-electron chi connectivity index (χ2n) is 6.91. The Hall–Kier alpha value is -1.56. The van der Waals surface area contributed by atoms with Gasteiger partial charge in [-0.25, -0.2) is 0 Å². The van der Waals surface area contributed by atoms with Crippen molar-refractivity contribution < 1.29 is 0 Å². The SMILES string of the molecule is CC(C)c1cccc2c1CCCC2.CC(C)c1ccccc1. The average Bonchev–Trinajstić information content (AvgIpc) is 2.55. The number of hydrogen-bond acceptors (Lipinski definition) is 0. The lowest BCUT2D eigenvalue weighted by molar-refractivity contribution is 0.670. The van der Waals surface area contributed by atoms with Gasteiger partial charge in [-0.05, 0) is 59.8 Å². The highest BCUT2D eigenvalue weighted by Gasteiger charge is 2.13. The van der Waals surface area contributed by atoms with E-state index in [9.17, 15) is 0 Å². The summed E-state index contributed by atoms with van der Waals surface area (Å²) in [5.74, 6) is 1.35. The normalized spacial score (nSPS) is 13.5. The first-order valence-electron chi connectivity index (χ1n) is 8.75. The van der Waals surface area contributed by atoms with Crippen LogP contribution in [0.3, 0.4) is 0 Å². The third-order valence-electron chi connectivity index (χ3n) is 4.52. The lowest BCUT2D eigenvalue weighted by Crippen LogP contribution is -2.06. The van der Waals surface area contributed by atoms with Crippen LogP contribution in [0.15, 0.2) is 48.5 Å². The zero-order valence-corrected chi connectivity index (χ0v) is 14.6. The molecule has 1 aliphatic carbocycles. The van der Waals surface area contributed by atoms with Crippen LogP contribution in [0.25, 0.3) is 0 Å². The Morgan fingerprint density at radius 3 is 1.95 bits per heavy atom. The van der Waals surface area contributed by atoms with Gasteiger partial charge in [0.2, 0.25) is 0 Å². The van der Waals surface area contributed by atoms with Crippen LogP contribution >= 0.6 is 0 Å². The van der Waals surface area contributed by atoms with Crippen LogP contribution in [0, 0.1) is 0 Å². The molecule has 0 N–H and O–H groups in total. The predicted octanol–water partition coefficient (Wildman–Crippen LogP) is 6.50. The first-order valence-corrected chi connectivity index (χ1v) is 8.75. The molecule has 3 rings (SSSR count). The quantitative estimate of drug-likeness (QED) is 0.593. The van der Waals surface area contributed by atoms with E-state index in [1.165, 1.54) is 31.2 Å². The van der Waals surface area contributed by atoms with Gasteiger partial charge in [0.1, 0.15) is 0 Å². The highest BCUT2D eigenvalue weighted by molar-refractivity contribution is 5.38. The molecule has 118 valence electrons. The monoisotopic (exact) mass is 294 g/mol. The lowest BCUT2D eigenvalue weighted by atomic mass is 9.85. The molecule has 0 aliphatic heterocycles. The molecule has 0 saturated heterocycles. The van der Waals surface area contributed by atoms with Gasteiger partial charge < -0.3 is 0 Å². The molecular weight excluding hydrogens is 264 g/mol. The summed E-state index contributed by atoms with van der Waals surface area (Å²) < 4.78 is 0. The van der Waals surface area contributed by atoms with Crippen molar-refractivity contribution in [1.82, 2.24) is 0 Å². The zero-order valence-electron chi connectivity index (χ0n) is 14.6. The number of benzene rings is 2.